The molecule has 0 aliphatic rings. The minimum atomic E-state index is 0.161. The molecule has 3 heteroatoms. The van der Waals surface area contributed by atoms with E-state index >= 15 is 0 Å². The van der Waals surface area contributed by atoms with E-state index in [0.717, 1.165) is 29.5 Å². The molecule has 2 rings (SSSR count). The topological polar surface area (TPSA) is 45.4 Å². The van der Waals surface area contributed by atoms with Crippen LogP contribution in [0, 0.1) is 0 Å². The van der Waals surface area contributed by atoms with Crippen LogP contribution in [0.5, 0.6) is 0 Å². The Bertz CT molecular complexity index is 446. The number of nitrogens with one attached hydrogen (secondary N) is 1. The highest BCUT2D eigenvalue weighted by atomic mass is 16.3. The summed E-state index contributed by atoms with van der Waals surface area (Å²) in [5, 5.41) is 13.5. The SMILES string of the molecule is CCC(CO)NCc1coc2ccccc12. The number of aliphatic hydroxyl groups excluding tert-OH is 1. The van der Waals surface area contributed by atoms with Gasteiger partial charge in [0.05, 0.1) is 12.9 Å². The molecule has 0 saturated heterocycles. The molecule has 2 aromatic rings. The van der Waals surface area contributed by atoms with E-state index in [2.05, 4.69) is 18.3 Å². The summed E-state index contributed by atoms with van der Waals surface area (Å²) < 4.78 is 5.45. The molecule has 0 spiro atoms. The normalized spacial score (nSPS) is 13.1. The van der Waals surface area contributed by atoms with Crippen LogP contribution in [0.1, 0.15) is 18.9 Å². The first-order chi connectivity index (χ1) is 7.85. The third kappa shape index (κ3) is 2.26. The van der Waals surface area contributed by atoms with Crippen molar-refractivity contribution in [3.8, 4) is 0 Å². The van der Waals surface area contributed by atoms with E-state index in [4.69, 9.17) is 9.52 Å². The second-order valence-corrected chi connectivity index (χ2v) is 3.93. The lowest BCUT2D eigenvalue weighted by atomic mass is 10.1. The minimum Gasteiger partial charge on any atom is -0.464 e. The smallest absolute Gasteiger partial charge is 0.134 e. The van der Waals surface area contributed by atoms with Crippen LogP contribution in [-0.2, 0) is 6.54 Å². The molecule has 86 valence electrons. The summed E-state index contributed by atoms with van der Waals surface area (Å²) in [4.78, 5) is 0. The highest BCUT2D eigenvalue weighted by Gasteiger charge is 2.07. The molecule has 3 nitrogen and oxygen atoms in total. The monoisotopic (exact) mass is 219 g/mol. The zero-order chi connectivity index (χ0) is 11.4. The maximum absolute atomic E-state index is 9.08. The maximum atomic E-state index is 9.08. The highest BCUT2D eigenvalue weighted by Crippen LogP contribution is 2.20. The van der Waals surface area contributed by atoms with Crippen molar-refractivity contribution in [2.24, 2.45) is 0 Å². The first-order valence-electron chi connectivity index (χ1n) is 5.64. The van der Waals surface area contributed by atoms with Gasteiger partial charge in [0.15, 0.2) is 0 Å². The number of fused-ring (bicyclic) bond motifs is 1. The van der Waals surface area contributed by atoms with Crippen molar-refractivity contribution in [3.63, 3.8) is 0 Å². The number of hydrogen-bond acceptors (Lipinski definition) is 3. The molecule has 0 aliphatic heterocycles. The Morgan fingerprint density at radius 3 is 2.94 bits per heavy atom. The fourth-order valence-electron chi connectivity index (χ4n) is 1.76. The van der Waals surface area contributed by atoms with Gasteiger partial charge in [-0.05, 0) is 12.5 Å². The van der Waals surface area contributed by atoms with Crippen molar-refractivity contribution in [2.75, 3.05) is 6.61 Å². The Morgan fingerprint density at radius 1 is 1.38 bits per heavy atom. The van der Waals surface area contributed by atoms with Gasteiger partial charge in [0, 0.05) is 23.5 Å². The number of furan rings is 1. The van der Waals surface area contributed by atoms with E-state index < -0.39 is 0 Å². The van der Waals surface area contributed by atoms with Gasteiger partial charge in [0.2, 0.25) is 0 Å². The van der Waals surface area contributed by atoms with Crippen LogP contribution >= 0.6 is 0 Å². The van der Waals surface area contributed by atoms with E-state index in [-0.39, 0.29) is 12.6 Å². The van der Waals surface area contributed by atoms with Gasteiger partial charge >= 0.3 is 0 Å². The number of para-hydroxylation sites is 1. The largest absolute Gasteiger partial charge is 0.464 e. The number of benzene rings is 1. The summed E-state index contributed by atoms with van der Waals surface area (Å²) in [6.07, 6.45) is 2.70. The van der Waals surface area contributed by atoms with Gasteiger partial charge in [0.1, 0.15) is 5.58 Å². The predicted octanol–water partition coefficient (Wildman–Crippen LogP) is 2.29. The Balaban J connectivity index is 2.09. The van der Waals surface area contributed by atoms with Gasteiger partial charge in [-0.1, -0.05) is 25.1 Å². The molecular weight excluding hydrogens is 202 g/mol. The van der Waals surface area contributed by atoms with Gasteiger partial charge in [-0.25, -0.2) is 0 Å². The lowest BCUT2D eigenvalue weighted by Crippen LogP contribution is -2.31. The van der Waals surface area contributed by atoms with Gasteiger partial charge < -0.3 is 14.8 Å². The predicted molar refractivity (Wildman–Crippen MR) is 64.2 cm³/mol. The molecule has 16 heavy (non-hydrogen) atoms. The van der Waals surface area contributed by atoms with Crippen LogP contribution in [0.25, 0.3) is 11.0 Å². The number of rotatable bonds is 5. The van der Waals surface area contributed by atoms with Gasteiger partial charge in [-0.3, -0.25) is 0 Å². The summed E-state index contributed by atoms with van der Waals surface area (Å²) in [5.74, 6) is 0. The average Bonchev–Trinajstić information content (AvgIpc) is 2.74. The molecule has 2 N–H and O–H groups in total. The van der Waals surface area contributed by atoms with E-state index in [1.807, 2.05) is 18.2 Å². The molecule has 0 fully saturated rings. The summed E-state index contributed by atoms with van der Waals surface area (Å²) in [7, 11) is 0. The Morgan fingerprint density at radius 2 is 2.19 bits per heavy atom. The molecule has 1 heterocycles. The average molecular weight is 219 g/mol. The molecule has 1 atom stereocenters. The number of hydrogen-bond donors (Lipinski definition) is 2. The van der Waals surface area contributed by atoms with E-state index in [9.17, 15) is 0 Å². The first-order valence-corrected chi connectivity index (χ1v) is 5.64. The van der Waals surface area contributed by atoms with Crippen LogP contribution in [-0.4, -0.2) is 17.8 Å². The molecule has 1 unspecified atom stereocenters. The summed E-state index contributed by atoms with van der Waals surface area (Å²) >= 11 is 0. The van der Waals surface area contributed by atoms with Crippen LogP contribution in [0.15, 0.2) is 34.9 Å². The Labute approximate surface area is 95.1 Å². The zero-order valence-electron chi connectivity index (χ0n) is 9.44. The lowest BCUT2D eigenvalue weighted by Gasteiger charge is -2.12. The maximum Gasteiger partial charge on any atom is 0.134 e. The van der Waals surface area contributed by atoms with E-state index in [1.165, 1.54) is 0 Å². The quantitative estimate of drug-likeness (QED) is 0.811. The molecular formula is C13H17NO2. The van der Waals surface area contributed by atoms with E-state index in [0.29, 0.717) is 0 Å². The first kappa shape index (κ1) is 11.2. The molecule has 1 aromatic heterocycles. The molecule has 0 aliphatic carbocycles. The summed E-state index contributed by atoms with van der Waals surface area (Å²) in [6, 6.07) is 8.14. The molecule has 1 aromatic carbocycles. The fourth-order valence-corrected chi connectivity index (χ4v) is 1.76. The summed E-state index contributed by atoms with van der Waals surface area (Å²) in [5.41, 5.74) is 2.05. The Hall–Kier alpha value is -1.32. The van der Waals surface area contributed by atoms with Gasteiger partial charge in [-0.2, -0.15) is 0 Å². The van der Waals surface area contributed by atoms with Gasteiger partial charge in [0.25, 0.3) is 0 Å². The van der Waals surface area contributed by atoms with Crippen LogP contribution in [0.3, 0.4) is 0 Å². The second kappa shape index (κ2) is 5.14. The van der Waals surface area contributed by atoms with Crippen molar-refractivity contribution in [3.05, 3.63) is 36.1 Å². The fraction of sp³-hybridized carbons (Fsp3) is 0.385. The van der Waals surface area contributed by atoms with Gasteiger partial charge in [-0.15, -0.1) is 0 Å². The summed E-state index contributed by atoms with van der Waals surface area (Å²) in [6.45, 7) is 2.96. The Kier molecular flexibility index (Phi) is 3.59. The lowest BCUT2D eigenvalue weighted by molar-refractivity contribution is 0.238. The number of aliphatic hydroxyl groups is 1. The van der Waals surface area contributed by atoms with Crippen molar-refractivity contribution in [1.82, 2.24) is 5.32 Å². The zero-order valence-corrected chi connectivity index (χ0v) is 9.44. The highest BCUT2D eigenvalue weighted by molar-refractivity contribution is 5.80. The molecule has 0 bridgehead atoms. The third-order valence-electron chi connectivity index (χ3n) is 2.86. The van der Waals surface area contributed by atoms with Crippen molar-refractivity contribution in [1.29, 1.82) is 0 Å². The third-order valence-corrected chi connectivity index (χ3v) is 2.86. The standard InChI is InChI=1S/C13H17NO2/c1-2-11(8-15)14-7-10-9-16-13-6-4-3-5-12(10)13/h3-6,9,11,14-15H,2,7-8H2,1H3. The van der Waals surface area contributed by atoms with Crippen molar-refractivity contribution < 1.29 is 9.52 Å². The van der Waals surface area contributed by atoms with Crippen LogP contribution in [0.2, 0.25) is 0 Å². The van der Waals surface area contributed by atoms with Crippen LogP contribution < -0.4 is 5.32 Å². The van der Waals surface area contributed by atoms with E-state index in [1.54, 1.807) is 6.26 Å². The van der Waals surface area contributed by atoms with Crippen LogP contribution in [0.4, 0.5) is 0 Å². The van der Waals surface area contributed by atoms with Crippen molar-refractivity contribution in [2.45, 2.75) is 25.9 Å². The molecule has 0 saturated carbocycles. The molecule has 0 amide bonds. The van der Waals surface area contributed by atoms with Crippen molar-refractivity contribution >= 4 is 11.0 Å². The minimum absolute atomic E-state index is 0.161. The molecule has 0 radical (unpaired) electrons. The second-order valence-electron chi connectivity index (χ2n) is 3.93.